The van der Waals surface area contributed by atoms with Gasteiger partial charge in [-0.3, -0.25) is 9.52 Å². The number of aryl methyl sites for hydroxylation is 1. The fourth-order valence-corrected chi connectivity index (χ4v) is 3.58. The van der Waals surface area contributed by atoms with Crippen molar-refractivity contribution in [3.8, 4) is 0 Å². The van der Waals surface area contributed by atoms with Crippen molar-refractivity contribution in [2.45, 2.75) is 12.8 Å². The van der Waals surface area contributed by atoms with E-state index < -0.39 is 10.3 Å². The molecule has 0 spiro atoms. The van der Waals surface area contributed by atoms with Crippen molar-refractivity contribution < 1.29 is 47.3 Å². The molecule has 28 heavy (non-hydrogen) atoms. The Morgan fingerprint density at radius 3 is 2.14 bits per heavy atom. The zero-order chi connectivity index (χ0) is 19.3. The van der Waals surface area contributed by atoms with E-state index in [9.17, 15) is 17.8 Å². The van der Waals surface area contributed by atoms with E-state index >= 15 is 0 Å². The van der Waals surface area contributed by atoms with Gasteiger partial charge in [-0.2, -0.15) is 0 Å². The zero-order valence-electron chi connectivity index (χ0n) is 15.9. The SMILES string of the molecule is O=C(CCc1ccccc1)N1CCN(c2ccc(NS(=O)(=O)[O-])cc2)CC1.[Na+]. The van der Waals surface area contributed by atoms with E-state index in [0.29, 0.717) is 32.6 Å². The minimum atomic E-state index is -4.52. The summed E-state index contributed by atoms with van der Waals surface area (Å²) in [6, 6.07) is 16.6. The van der Waals surface area contributed by atoms with Crippen LogP contribution in [-0.4, -0.2) is 50.0 Å². The Morgan fingerprint density at radius 1 is 0.964 bits per heavy atom. The topological polar surface area (TPSA) is 92.8 Å². The van der Waals surface area contributed by atoms with Gasteiger partial charge in [-0.1, -0.05) is 30.3 Å². The Hall–Kier alpha value is -1.58. The van der Waals surface area contributed by atoms with Crippen LogP contribution in [0, 0.1) is 0 Å². The van der Waals surface area contributed by atoms with Crippen molar-refractivity contribution in [1.29, 1.82) is 0 Å². The van der Waals surface area contributed by atoms with E-state index in [1.807, 2.05) is 40.0 Å². The molecular weight excluding hydrogens is 389 g/mol. The number of carbonyl (C=O) groups excluding carboxylic acids is 1. The molecule has 1 fully saturated rings. The summed E-state index contributed by atoms with van der Waals surface area (Å²) < 4.78 is 34.1. The summed E-state index contributed by atoms with van der Waals surface area (Å²) in [4.78, 5) is 16.4. The van der Waals surface area contributed by atoms with E-state index in [1.54, 1.807) is 24.3 Å². The summed E-state index contributed by atoms with van der Waals surface area (Å²) in [5.74, 6) is 0.165. The summed E-state index contributed by atoms with van der Waals surface area (Å²) in [5, 5.41) is 0. The number of carbonyl (C=O) groups is 1. The standard InChI is InChI=1S/C19H23N3O4S.Na/c23-19(11-6-16-4-2-1-3-5-16)22-14-12-21(13-15-22)18-9-7-17(8-10-18)20-27(24,25)26;/h1-5,7-10,20H,6,11-15H2,(H,24,25,26);/q;+1/p-1. The maximum absolute atomic E-state index is 12.4. The third-order valence-electron chi connectivity index (χ3n) is 4.58. The van der Waals surface area contributed by atoms with Gasteiger partial charge in [0.2, 0.25) is 5.91 Å². The van der Waals surface area contributed by atoms with Crippen LogP contribution in [0.4, 0.5) is 11.4 Å². The van der Waals surface area contributed by atoms with Crippen molar-refractivity contribution >= 4 is 27.6 Å². The smallest absolute Gasteiger partial charge is 0.731 e. The Labute approximate surface area is 187 Å². The summed E-state index contributed by atoms with van der Waals surface area (Å²) in [7, 11) is -4.52. The van der Waals surface area contributed by atoms with Gasteiger partial charge in [0.05, 0.1) is 0 Å². The van der Waals surface area contributed by atoms with Crippen molar-refractivity contribution in [3.63, 3.8) is 0 Å². The molecule has 1 aliphatic rings. The molecular formula is C19H22N3NaO4S. The minimum Gasteiger partial charge on any atom is -0.731 e. The molecule has 1 saturated heterocycles. The Kier molecular flexibility index (Phi) is 8.33. The third-order valence-corrected chi connectivity index (χ3v) is 5.06. The van der Waals surface area contributed by atoms with Crippen LogP contribution in [0.25, 0.3) is 0 Å². The number of benzene rings is 2. The molecule has 0 aliphatic carbocycles. The first kappa shape index (κ1) is 22.7. The van der Waals surface area contributed by atoms with Crippen LogP contribution in [-0.2, 0) is 21.5 Å². The molecule has 0 radical (unpaired) electrons. The number of nitrogens with one attached hydrogen (secondary N) is 1. The average molecular weight is 411 g/mol. The summed E-state index contributed by atoms with van der Waals surface area (Å²) >= 11 is 0. The molecule has 7 nitrogen and oxygen atoms in total. The first-order chi connectivity index (χ1) is 12.9. The first-order valence-corrected chi connectivity index (χ1v) is 10.2. The van der Waals surface area contributed by atoms with Gasteiger partial charge in [0, 0.05) is 44.0 Å². The molecule has 0 atom stereocenters. The van der Waals surface area contributed by atoms with Crippen molar-refractivity contribution in [2.75, 3.05) is 35.8 Å². The van der Waals surface area contributed by atoms with Crippen LogP contribution in [0.15, 0.2) is 54.6 Å². The maximum Gasteiger partial charge on any atom is 1.00 e. The van der Waals surface area contributed by atoms with Gasteiger partial charge in [-0.05, 0) is 36.2 Å². The molecule has 0 aromatic heterocycles. The van der Waals surface area contributed by atoms with E-state index in [2.05, 4.69) is 4.90 Å². The van der Waals surface area contributed by atoms with Crippen LogP contribution in [0.2, 0.25) is 0 Å². The number of anilines is 2. The second kappa shape index (κ2) is 10.3. The summed E-state index contributed by atoms with van der Waals surface area (Å²) in [5.41, 5.74) is 2.34. The fourth-order valence-electron chi connectivity index (χ4n) is 3.15. The largest absolute Gasteiger partial charge is 1.00 e. The number of piperazine rings is 1. The molecule has 0 unspecified atom stereocenters. The molecule has 1 heterocycles. The molecule has 0 bridgehead atoms. The molecule has 3 rings (SSSR count). The van der Waals surface area contributed by atoms with Crippen LogP contribution in [0.5, 0.6) is 0 Å². The molecule has 1 amide bonds. The zero-order valence-corrected chi connectivity index (χ0v) is 18.7. The molecule has 1 N–H and O–H groups in total. The molecule has 0 saturated carbocycles. The van der Waals surface area contributed by atoms with Gasteiger partial charge in [0.1, 0.15) is 0 Å². The molecule has 9 heteroatoms. The van der Waals surface area contributed by atoms with Crippen LogP contribution >= 0.6 is 0 Å². The predicted octanol–water partition coefficient (Wildman–Crippen LogP) is -1.16. The maximum atomic E-state index is 12.4. The van der Waals surface area contributed by atoms with Crippen LogP contribution in [0.3, 0.4) is 0 Å². The summed E-state index contributed by atoms with van der Waals surface area (Å²) in [6.45, 7) is 2.73. The Balaban J connectivity index is 0.00000280. The van der Waals surface area contributed by atoms with Gasteiger partial charge in [-0.15, -0.1) is 0 Å². The average Bonchev–Trinajstić information content (AvgIpc) is 2.66. The predicted molar refractivity (Wildman–Crippen MR) is 103 cm³/mol. The molecule has 2 aromatic rings. The van der Waals surface area contributed by atoms with Gasteiger partial charge in [0.25, 0.3) is 0 Å². The number of hydrogen-bond acceptors (Lipinski definition) is 5. The Bertz CT molecular complexity index is 868. The van der Waals surface area contributed by atoms with Crippen molar-refractivity contribution in [2.24, 2.45) is 0 Å². The van der Waals surface area contributed by atoms with E-state index in [1.165, 1.54) is 5.56 Å². The van der Waals surface area contributed by atoms with Crippen molar-refractivity contribution in [1.82, 2.24) is 4.90 Å². The Morgan fingerprint density at radius 2 is 1.57 bits per heavy atom. The normalized spacial score (nSPS) is 14.3. The molecule has 2 aromatic carbocycles. The monoisotopic (exact) mass is 411 g/mol. The van der Waals surface area contributed by atoms with Gasteiger partial charge >= 0.3 is 29.6 Å². The van der Waals surface area contributed by atoms with E-state index in [-0.39, 0.29) is 41.2 Å². The summed E-state index contributed by atoms with van der Waals surface area (Å²) in [6.07, 6.45) is 1.25. The van der Waals surface area contributed by atoms with E-state index in [0.717, 1.165) is 12.1 Å². The minimum absolute atomic E-state index is 0. The van der Waals surface area contributed by atoms with Gasteiger partial charge in [-0.25, -0.2) is 8.42 Å². The van der Waals surface area contributed by atoms with Crippen LogP contribution < -0.4 is 39.2 Å². The first-order valence-electron chi connectivity index (χ1n) is 8.81. The number of rotatable bonds is 6. The van der Waals surface area contributed by atoms with Crippen LogP contribution in [0.1, 0.15) is 12.0 Å². The van der Waals surface area contributed by atoms with Gasteiger partial charge < -0.3 is 14.4 Å². The van der Waals surface area contributed by atoms with Gasteiger partial charge in [0.15, 0.2) is 10.3 Å². The second-order valence-electron chi connectivity index (χ2n) is 6.46. The number of amides is 1. The second-order valence-corrected chi connectivity index (χ2v) is 7.57. The van der Waals surface area contributed by atoms with Crippen molar-refractivity contribution in [3.05, 3.63) is 60.2 Å². The third kappa shape index (κ3) is 6.79. The van der Waals surface area contributed by atoms with E-state index in [4.69, 9.17) is 0 Å². The number of hydrogen-bond donors (Lipinski definition) is 1. The molecule has 144 valence electrons. The molecule has 1 aliphatic heterocycles. The fraction of sp³-hybridized carbons (Fsp3) is 0.316. The quantitative estimate of drug-likeness (QED) is 0.478. The number of nitrogens with zero attached hydrogens (tertiary/aromatic N) is 2.